The van der Waals surface area contributed by atoms with Crippen LogP contribution in [-0.4, -0.2) is 20.8 Å². The molecule has 0 spiro atoms. The number of unbranched alkanes of at least 4 members (excludes halogenated alkanes) is 9. The Bertz CT molecular complexity index is 204. The van der Waals surface area contributed by atoms with E-state index in [1.165, 1.54) is 95.2 Å². The lowest BCUT2D eigenvalue weighted by Gasteiger charge is -2.32. The SMILES string of the molecule is CCCCCC[Si](CCCCCC)(CCCCCC)OCCCl. The maximum atomic E-state index is 6.53. The summed E-state index contributed by atoms with van der Waals surface area (Å²) in [6.45, 7) is 7.67. The van der Waals surface area contributed by atoms with Crippen LogP contribution >= 0.6 is 11.6 Å². The molecule has 0 saturated carbocycles. The highest BCUT2D eigenvalue weighted by Crippen LogP contribution is 2.30. The van der Waals surface area contributed by atoms with Crippen molar-refractivity contribution in [3.63, 3.8) is 0 Å². The molecule has 3 heteroatoms. The van der Waals surface area contributed by atoms with Crippen LogP contribution < -0.4 is 0 Å². The highest BCUT2D eigenvalue weighted by atomic mass is 35.5. The van der Waals surface area contributed by atoms with Gasteiger partial charge in [0.2, 0.25) is 0 Å². The van der Waals surface area contributed by atoms with Crippen molar-refractivity contribution in [2.24, 2.45) is 0 Å². The summed E-state index contributed by atoms with van der Waals surface area (Å²) in [7, 11) is -1.55. The van der Waals surface area contributed by atoms with E-state index in [1.807, 2.05) is 0 Å². The summed E-state index contributed by atoms with van der Waals surface area (Å²) in [4.78, 5) is 0. The minimum absolute atomic E-state index is 0.660. The standard InChI is InChI=1S/C20H43ClOSi/c1-4-7-10-13-18-23(22-17-16-21,19-14-11-8-5-2)20-15-12-9-6-3/h4-20H2,1-3H3. The van der Waals surface area contributed by atoms with E-state index in [2.05, 4.69) is 20.8 Å². The third-order valence-electron chi connectivity index (χ3n) is 4.94. The monoisotopic (exact) mass is 362 g/mol. The molecule has 0 radical (unpaired) electrons. The van der Waals surface area contributed by atoms with Crippen LogP contribution in [0.1, 0.15) is 97.8 Å². The first-order valence-corrected chi connectivity index (χ1v) is 13.5. The van der Waals surface area contributed by atoms with E-state index in [-0.39, 0.29) is 0 Å². The smallest absolute Gasteiger partial charge is 0.192 e. The predicted octanol–water partition coefficient (Wildman–Crippen LogP) is 7.93. The van der Waals surface area contributed by atoms with Crippen LogP contribution in [-0.2, 0) is 4.43 Å². The fourth-order valence-electron chi connectivity index (χ4n) is 3.47. The lowest BCUT2D eigenvalue weighted by Crippen LogP contribution is -2.39. The van der Waals surface area contributed by atoms with Crippen molar-refractivity contribution in [1.29, 1.82) is 0 Å². The summed E-state index contributed by atoms with van der Waals surface area (Å²) in [5.74, 6) is 0.660. The molecule has 0 aliphatic heterocycles. The first kappa shape index (κ1) is 23.5. The lowest BCUT2D eigenvalue weighted by atomic mass is 10.2. The summed E-state index contributed by atoms with van der Waals surface area (Å²) < 4.78 is 6.53. The van der Waals surface area contributed by atoms with Crippen LogP contribution in [0.4, 0.5) is 0 Å². The van der Waals surface area contributed by atoms with Crippen molar-refractivity contribution >= 4 is 19.9 Å². The first-order chi connectivity index (χ1) is 11.2. The van der Waals surface area contributed by atoms with Crippen LogP contribution in [0.3, 0.4) is 0 Å². The van der Waals surface area contributed by atoms with Gasteiger partial charge in [0.15, 0.2) is 8.32 Å². The van der Waals surface area contributed by atoms with Crippen molar-refractivity contribution in [3.05, 3.63) is 0 Å². The van der Waals surface area contributed by atoms with Gasteiger partial charge in [0.25, 0.3) is 0 Å². The molecule has 1 nitrogen and oxygen atoms in total. The van der Waals surface area contributed by atoms with Gasteiger partial charge in [-0.3, -0.25) is 0 Å². The molecule has 0 aromatic rings. The molecular weight excluding hydrogens is 320 g/mol. The van der Waals surface area contributed by atoms with Crippen molar-refractivity contribution in [3.8, 4) is 0 Å². The van der Waals surface area contributed by atoms with Gasteiger partial charge in [-0.1, -0.05) is 97.8 Å². The van der Waals surface area contributed by atoms with Gasteiger partial charge >= 0.3 is 0 Å². The third kappa shape index (κ3) is 13.4. The second kappa shape index (κ2) is 17.3. The Morgan fingerprint density at radius 2 is 1.00 bits per heavy atom. The molecule has 0 aliphatic rings. The fourth-order valence-corrected chi connectivity index (χ4v) is 8.08. The first-order valence-electron chi connectivity index (χ1n) is 10.4. The van der Waals surface area contributed by atoms with E-state index >= 15 is 0 Å². The maximum Gasteiger partial charge on any atom is 0.192 e. The molecule has 0 fully saturated rings. The molecule has 0 aromatic carbocycles. The molecule has 0 N–H and O–H groups in total. The molecule has 0 saturated heterocycles. The van der Waals surface area contributed by atoms with Gasteiger partial charge in [0.1, 0.15) is 0 Å². The number of rotatable bonds is 18. The zero-order chi connectivity index (χ0) is 17.2. The summed E-state index contributed by atoms with van der Waals surface area (Å²) in [6.07, 6.45) is 16.4. The molecule has 0 aliphatic carbocycles. The average molecular weight is 363 g/mol. The second-order valence-electron chi connectivity index (χ2n) is 7.15. The largest absolute Gasteiger partial charge is 0.416 e. The number of hydrogen-bond acceptors (Lipinski definition) is 1. The van der Waals surface area contributed by atoms with Crippen molar-refractivity contribution in [2.45, 2.75) is 116 Å². The lowest BCUT2D eigenvalue weighted by molar-refractivity contribution is 0.315. The van der Waals surface area contributed by atoms with Gasteiger partial charge in [-0.2, -0.15) is 0 Å². The molecule has 0 heterocycles. The van der Waals surface area contributed by atoms with Gasteiger partial charge in [0.05, 0.1) is 0 Å². The summed E-state index contributed by atoms with van der Waals surface area (Å²) in [5.41, 5.74) is 0. The van der Waals surface area contributed by atoms with E-state index in [9.17, 15) is 0 Å². The molecule has 0 unspecified atom stereocenters. The number of halogens is 1. The van der Waals surface area contributed by atoms with Gasteiger partial charge < -0.3 is 4.43 Å². The van der Waals surface area contributed by atoms with Crippen LogP contribution in [0.5, 0.6) is 0 Å². The van der Waals surface area contributed by atoms with E-state index in [1.54, 1.807) is 0 Å². The Kier molecular flexibility index (Phi) is 17.6. The normalized spacial score (nSPS) is 12.0. The third-order valence-corrected chi connectivity index (χ3v) is 9.71. The van der Waals surface area contributed by atoms with Crippen molar-refractivity contribution in [1.82, 2.24) is 0 Å². The maximum absolute atomic E-state index is 6.53. The molecule has 140 valence electrons. The fraction of sp³-hybridized carbons (Fsp3) is 1.00. The van der Waals surface area contributed by atoms with Crippen LogP contribution in [0.25, 0.3) is 0 Å². The summed E-state index contributed by atoms with van der Waals surface area (Å²) in [6, 6.07) is 4.13. The van der Waals surface area contributed by atoms with E-state index in [0.29, 0.717) is 5.88 Å². The minimum Gasteiger partial charge on any atom is -0.416 e. The molecular formula is C20H43ClOSi. The molecule has 0 bridgehead atoms. The number of alkyl halides is 1. The van der Waals surface area contributed by atoms with Crippen molar-refractivity contribution in [2.75, 3.05) is 12.5 Å². The highest BCUT2D eigenvalue weighted by Gasteiger charge is 2.33. The highest BCUT2D eigenvalue weighted by molar-refractivity contribution is 6.73. The van der Waals surface area contributed by atoms with Gasteiger partial charge in [-0.15, -0.1) is 11.6 Å². The quantitative estimate of drug-likeness (QED) is 0.136. The molecule has 0 amide bonds. The summed E-state index contributed by atoms with van der Waals surface area (Å²) in [5, 5.41) is 0. The van der Waals surface area contributed by atoms with E-state index in [4.69, 9.17) is 16.0 Å². The van der Waals surface area contributed by atoms with Gasteiger partial charge in [-0.05, 0) is 18.1 Å². The van der Waals surface area contributed by atoms with E-state index < -0.39 is 8.32 Å². The van der Waals surface area contributed by atoms with Gasteiger partial charge in [-0.25, -0.2) is 0 Å². The van der Waals surface area contributed by atoms with Gasteiger partial charge in [0, 0.05) is 12.5 Å². The summed E-state index contributed by atoms with van der Waals surface area (Å²) >= 11 is 5.96. The predicted molar refractivity (Wildman–Crippen MR) is 109 cm³/mol. The Labute approximate surface area is 153 Å². The Morgan fingerprint density at radius 3 is 1.30 bits per heavy atom. The van der Waals surface area contributed by atoms with Crippen LogP contribution in [0.15, 0.2) is 0 Å². The van der Waals surface area contributed by atoms with Crippen LogP contribution in [0.2, 0.25) is 18.1 Å². The average Bonchev–Trinajstić information content (AvgIpc) is 2.57. The Morgan fingerprint density at radius 1 is 0.609 bits per heavy atom. The second-order valence-corrected chi connectivity index (χ2v) is 11.7. The number of hydrogen-bond donors (Lipinski definition) is 0. The molecule has 0 rings (SSSR count). The van der Waals surface area contributed by atoms with E-state index in [0.717, 1.165) is 6.61 Å². The van der Waals surface area contributed by atoms with Crippen LogP contribution in [0, 0.1) is 0 Å². The molecule has 0 aromatic heterocycles. The minimum atomic E-state index is -1.55. The molecule has 23 heavy (non-hydrogen) atoms. The zero-order valence-corrected chi connectivity index (χ0v) is 18.1. The molecule has 0 atom stereocenters. The zero-order valence-electron chi connectivity index (χ0n) is 16.3. The topological polar surface area (TPSA) is 9.23 Å². The Hall–Kier alpha value is 0.467. The Balaban J connectivity index is 4.51. The van der Waals surface area contributed by atoms with Crippen molar-refractivity contribution < 1.29 is 4.43 Å².